The summed E-state index contributed by atoms with van der Waals surface area (Å²) in [6.45, 7) is 1.72. The number of rotatable bonds is 2. The van der Waals surface area contributed by atoms with Crippen LogP contribution in [0.25, 0.3) is 11.1 Å². The Labute approximate surface area is 119 Å². The van der Waals surface area contributed by atoms with Gasteiger partial charge in [0.2, 0.25) is 0 Å². The van der Waals surface area contributed by atoms with Crippen molar-refractivity contribution < 1.29 is 17.6 Å². The van der Waals surface area contributed by atoms with Crippen LogP contribution in [0.2, 0.25) is 0 Å². The first-order valence-electron chi connectivity index (χ1n) is 6.16. The molecule has 0 aliphatic rings. The molecule has 0 heterocycles. The van der Waals surface area contributed by atoms with Crippen molar-refractivity contribution >= 4 is 0 Å². The topological polar surface area (TPSA) is 23.8 Å². The second-order valence-corrected chi connectivity index (χ2v) is 4.69. The predicted octanol–water partition coefficient (Wildman–Crippen LogP) is 4.89. The molecule has 2 rings (SSSR count). The van der Waals surface area contributed by atoms with Gasteiger partial charge in [-0.1, -0.05) is 17.7 Å². The van der Waals surface area contributed by atoms with E-state index < -0.39 is 17.6 Å². The number of hydrogen-bond acceptors (Lipinski definition) is 1. The van der Waals surface area contributed by atoms with Crippen molar-refractivity contribution in [2.45, 2.75) is 19.5 Å². The molecule has 0 spiro atoms. The van der Waals surface area contributed by atoms with E-state index in [0.717, 1.165) is 17.7 Å². The molecule has 1 nitrogen and oxygen atoms in total. The lowest BCUT2D eigenvalue weighted by Gasteiger charge is -2.13. The van der Waals surface area contributed by atoms with Gasteiger partial charge in [0.15, 0.2) is 0 Å². The number of nitriles is 1. The summed E-state index contributed by atoms with van der Waals surface area (Å²) in [6, 6.07) is 9.13. The minimum absolute atomic E-state index is 0.0753. The smallest absolute Gasteiger partial charge is 0.206 e. The Bertz CT molecular complexity index is 711. The summed E-state index contributed by atoms with van der Waals surface area (Å²) in [5.74, 6) is -0.612. The van der Waals surface area contributed by atoms with Gasteiger partial charge in [0, 0.05) is 5.56 Å². The van der Waals surface area contributed by atoms with Gasteiger partial charge >= 0.3 is 6.18 Å². The molecule has 0 aromatic heterocycles. The zero-order chi connectivity index (χ0) is 15.6. The van der Waals surface area contributed by atoms with Crippen LogP contribution in [0.4, 0.5) is 17.6 Å². The van der Waals surface area contributed by atoms with E-state index in [-0.39, 0.29) is 17.5 Å². The molecule has 0 saturated carbocycles. The van der Waals surface area contributed by atoms with Gasteiger partial charge in [0.05, 0.1) is 18.1 Å². The van der Waals surface area contributed by atoms with Gasteiger partial charge in [0.1, 0.15) is 5.82 Å². The standard InChI is InChI=1S/C16H11F4N/c1-10-2-5-15(17)14(8-10)13-9-12(16(18,19)20)4-3-11(13)6-7-21/h2-5,8-9H,6H2,1H3. The van der Waals surface area contributed by atoms with E-state index in [1.165, 1.54) is 24.3 Å². The van der Waals surface area contributed by atoms with Gasteiger partial charge in [-0.2, -0.15) is 18.4 Å². The molecule has 108 valence electrons. The third-order valence-corrected chi connectivity index (χ3v) is 3.12. The lowest BCUT2D eigenvalue weighted by Crippen LogP contribution is -2.06. The van der Waals surface area contributed by atoms with Crippen molar-refractivity contribution in [3.8, 4) is 17.2 Å². The Morgan fingerprint density at radius 1 is 1.05 bits per heavy atom. The van der Waals surface area contributed by atoms with Crippen molar-refractivity contribution in [2.75, 3.05) is 0 Å². The third kappa shape index (κ3) is 3.22. The molecule has 0 radical (unpaired) electrons. The molecular formula is C16H11F4N. The van der Waals surface area contributed by atoms with Gasteiger partial charge in [0.25, 0.3) is 0 Å². The second kappa shape index (κ2) is 5.57. The summed E-state index contributed by atoms with van der Waals surface area (Å²) in [7, 11) is 0. The largest absolute Gasteiger partial charge is 0.416 e. The third-order valence-electron chi connectivity index (χ3n) is 3.12. The minimum Gasteiger partial charge on any atom is -0.206 e. The van der Waals surface area contributed by atoms with Crippen LogP contribution in [0.5, 0.6) is 0 Å². The van der Waals surface area contributed by atoms with Crippen LogP contribution >= 0.6 is 0 Å². The summed E-state index contributed by atoms with van der Waals surface area (Å²) >= 11 is 0. The maximum atomic E-state index is 13.9. The van der Waals surface area contributed by atoms with Crippen LogP contribution in [-0.4, -0.2) is 0 Å². The molecule has 0 N–H and O–H groups in total. The first-order chi connectivity index (χ1) is 9.82. The number of aryl methyl sites for hydroxylation is 1. The summed E-state index contributed by atoms with van der Waals surface area (Å²) in [4.78, 5) is 0. The van der Waals surface area contributed by atoms with Crippen molar-refractivity contribution in [1.29, 1.82) is 5.26 Å². The van der Waals surface area contributed by atoms with E-state index >= 15 is 0 Å². The average molecular weight is 293 g/mol. The van der Waals surface area contributed by atoms with Crippen molar-refractivity contribution in [2.24, 2.45) is 0 Å². The maximum absolute atomic E-state index is 13.9. The molecule has 0 bridgehead atoms. The molecule has 0 fully saturated rings. The van der Waals surface area contributed by atoms with Crippen LogP contribution in [0, 0.1) is 24.1 Å². The molecule has 0 saturated heterocycles. The number of nitrogens with zero attached hydrogens (tertiary/aromatic N) is 1. The number of benzene rings is 2. The molecular weight excluding hydrogens is 282 g/mol. The quantitative estimate of drug-likeness (QED) is 0.723. The fourth-order valence-electron chi connectivity index (χ4n) is 2.09. The highest BCUT2D eigenvalue weighted by molar-refractivity contribution is 5.70. The molecule has 0 aliphatic heterocycles. The van der Waals surface area contributed by atoms with Gasteiger partial charge < -0.3 is 0 Å². The summed E-state index contributed by atoms with van der Waals surface area (Å²) in [5, 5.41) is 8.78. The zero-order valence-electron chi connectivity index (χ0n) is 11.1. The molecule has 0 amide bonds. The van der Waals surface area contributed by atoms with E-state index in [4.69, 9.17) is 5.26 Å². The molecule has 2 aromatic carbocycles. The highest BCUT2D eigenvalue weighted by Crippen LogP contribution is 2.35. The van der Waals surface area contributed by atoms with Crippen LogP contribution in [0.1, 0.15) is 16.7 Å². The van der Waals surface area contributed by atoms with Gasteiger partial charge in [-0.25, -0.2) is 4.39 Å². The highest BCUT2D eigenvalue weighted by atomic mass is 19.4. The molecule has 0 aliphatic carbocycles. The van der Waals surface area contributed by atoms with E-state index in [1.807, 2.05) is 6.07 Å². The lowest BCUT2D eigenvalue weighted by atomic mass is 9.94. The van der Waals surface area contributed by atoms with Gasteiger partial charge in [-0.15, -0.1) is 0 Å². The predicted molar refractivity (Wildman–Crippen MR) is 70.9 cm³/mol. The van der Waals surface area contributed by atoms with E-state index in [2.05, 4.69) is 0 Å². The fourth-order valence-corrected chi connectivity index (χ4v) is 2.09. The molecule has 0 unspecified atom stereocenters. The van der Waals surface area contributed by atoms with Crippen LogP contribution in [-0.2, 0) is 12.6 Å². The maximum Gasteiger partial charge on any atom is 0.416 e. The number of alkyl halides is 3. The van der Waals surface area contributed by atoms with Crippen molar-refractivity contribution in [1.82, 2.24) is 0 Å². The van der Waals surface area contributed by atoms with Crippen molar-refractivity contribution in [3.05, 3.63) is 58.9 Å². The minimum atomic E-state index is -4.51. The summed E-state index contributed by atoms with van der Waals surface area (Å²) in [5.41, 5.74) is 0.417. The van der Waals surface area contributed by atoms with Crippen LogP contribution in [0.15, 0.2) is 36.4 Å². The Morgan fingerprint density at radius 2 is 1.76 bits per heavy atom. The SMILES string of the molecule is Cc1ccc(F)c(-c2cc(C(F)(F)F)ccc2CC#N)c1. The van der Waals surface area contributed by atoms with E-state index in [9.17, 15) is 17.6 Å². The molecule has 0 atom stereocenters. The molecule has 21 heavy (non-hydrogen) atoms. The van der Waals surface area contributed by atoms with E-state index in [1.54, 1.807) is 6.92 Å². The Kier molecular flexibility index (Phi) is 3.99. The summed E-state index contributed by atoms with van der Waals surface area (Å²) in [6.07, 6.45) is -4.60. The zero-order valence-corrected chi connectivity index (χ0v) is 11.1. The second-order valence-electron chi connectivity index (χ2n) is 4.69. The Morgan fingerprint density at radius 3 is 2.38 bits per heavy atom. The fraction of sp³-hybridized carbons (Fsp3) is 0.188. The number of halogens is 4. The first-order valence-corrected chi connectivity index (χ1v) is 6.16. The monoisotopic (exact) mass is 293 g/mol. The van der Waals surface area contributed by atoms with E-state index in [0.29, 0.717) is 5.56 Å². The van der Waals surface area contributed by atoms with Crippen molar-refractivity contribution in [3.63, 3.8) is 0 Å². The van der Waals surface area contributed by atoms with Gasteiger partial charge in [-0.05, 0) is 42.3 Å². The summed E-state index contributed by atoms with van der Waals surface area (Å²) < 4.78 is 52.4. The number of hydrogen-bond donors (Lipinski definition) is 0. The van der Waals surface area contributed by atoms with Crippen LogP contribution in [0.3, 0.4) is 0 Å². The van der Waals surface area contributed by atoms with Gasteiger partial charge in [-0.3, -0.25) is 0 Å². The first kappa shape index (κ1) is 15.0. The Balaban J connectivity index is 2.69. The average Bonchev–Trinajstić information content (AvgIpc) is 2.41. The highest BCUT2D eigenvalue weighted by Gasteiger charge is 2.31. The normalized spacial score (nSPS) is 11.2. The van der Waals surface area contributed by atoms with Crippen LogP contribution < -0.4 is 0 Å². The lowest BCUT2D eigenvalue weighted by molar-refractivity contribution is -0.137. The molecule has 2 aromatic rings. The Hall–Kier alpha value is -2.35. The molecule has 5 heteroatoms.